The summed E-state index contributed by atoms with van der Waals surface area (Å²) in [6.07, 6.45) is 1.25. The monoisotopic (exact) mass is 356 g/mol. The first-order chi connectivity index (χ1) is 12.5. The molecule has 2 aromatic carbocycles. The van der Waals surface area contributed by atoms with Gasteiger partial charge in [-0.15, -0.1) is 0 Å². The first-order valence-electron chi connectivity index (χ1n) is 8.53. The standard InChI is InChI=1S/C20H24N2O4/c21-17-5-1-15(2-6-17)11-13-25-19(23)9-10-20(24)26-14-12-16-3-7-18(22)8-4-16/h1-8H,9-14,21-22H2. The van der Waals surface area contributed by atoms with Crippen LogP contribution < -0.4 is 11.5 Å². The zero-order chi connectivity index (χ0) is 18.8. The average Bonchev–Trinajstić information content (AvgIpc) is 2.63. The van der Waals surface area contributed by atoms with Gasteiger partial charge in [0.2, 0.25) is 0 Å². The predicted octanol–water partition coefficient (Wildman–Crippen LogP) is 2.50. The number of rotatable bonds is 9. The number of hydrogen-bond acceptors (Lipinski definition) is 6. The van der Waals surface area contributed by atoms with Crippen LogP contribution in [0, 0.1) is 0 Å². The first kappa shape index (κ1) is 19.3. The van der Waals surface area contributed by atoms with E-state index in [1.165, 1.54) is 0 Å². The van der Waals surface area contributed by atoms with Gasteiger partial charge in [-0.25, -0.2) is 0 Å². The van der Waals surface area contributed by atoms with E-state index in [9.17, 15) is 9.59 Å². The molecule has 0 atom stereocenters. The Morgan fingerprint density at radius 3 is 1.35 bits per heavy atom. The summed E-state index contributed by atoms with van der Waals surface area (Å²) in [6, 6.07) is 14.8. The third kappa shape index (κ3) is 7.25. The Morgan fingerprint density at radius 1 is 0.654 bits per heavy atom. The summed E-state index contributed by atoms with van der Waals surface area (Å²) in [4.78, 5) is 23.3. The molecule has 0 saturated heterocycles. The van der Waals surface area contributed by atoms with Gasteiger partial charge in [0.15, 0.2) is 0 Å². The molecule has 4 N–H and O–H groups in total. The van der Waals surface area contributed by atoms with Gasteiger partial charge >= 0.3 is 11.9 Å². The van der Waals surface area contributed by atoms with E-state index in [0.717, 1.165) is 11.1 Å². The van der Waals surface area contributed by atoms with Gasteiger partial charge in [-0.2, -0.15) is 0 Å². The summed E-state index contributed by atoms with van der Waals surface area (Å²) in [5.74, 6) is -0.813. The van der Waals surface area contributed by atoms with Crippen LogP contribution in [0.25, 0.3) is 0 Å². The smallest absolute Gasteiger partial charge is 0.306 e. The second kappa shape index (κ2) is 10.1. The van der Waals surface area contributed by atoms with Gasteiger partial charge in [-0.3, -0.25) is 9.59 Å². The fourth-order valence-electron chi connectivity index (χ4n) is 2.28. The van der Waals surface area contributed by atoms with Gasteiger partial charge in [0, 0.05) is 24.2 Å². The van der Waals surface area contributed by atoms with Crippen molar-refractivity contribution in [1.82, 2.24) is 0 Å². The molecule has 138 valence electrons. The zero-order valence-corrected chi connectivity index (χ0v) is 14.6. The van der Waals surface area contributed by atoms with Gasteiger partial charge in [0.25, 0.3) is 0 Å². The Hall–Kier alpha value is -3.02. The molecule has 0 unspecified atom stereocenters. The fraction of sp³-hybridized carbons (Fsp3) is 0.300. The molecule has 0 spiro atoms. The zero-order valence-electron chi connectivity index (χ0n) is 14.6. The number of benzene rings is 2. The normalized spacial score (nSPS) is 10.3. The molecule has 0 aliphatic heterocycles. The maximum Gasteiger partial charge on any atom is 0.306 e. The number of ether oxygens (including phenoxy) is 2. The highest BCUT2D eigenvalue weighted by Crippen LogP contribution is 2.08. The van der Waals surface area contributed by atoms with E-state index in [1.807, 2.05) is 24.3 Å². The summed E-state index contributed by atoms with van der Waals surface area (Å²) in [5, 5.41) is 0. The molecule has 2 aromatic rings. The van der Waals surface area contributed by atoms with Gasteiger partial charge in [-0.05, 0) is 35.4 Å². The van der Waals surface area contributed by atoms with Crippen LogP contribution in [-0.4, -0.2) is 25.2 Å². The average molecular weight is 356 g/mol. The molecule has 0 heterocycles. The molecule has 6 nitrogen and oxygen atoms in total. The molecule has 0 radical (unpaired) electrons. The molecule has 0 amide bonds. The molecule has 2 rings (SSSR count). The van der Waals surface area contributed by atoms with Crippen molar-refractivity contribution in [3.63, 3.8) is 0 Å². The number of hydrogen-bond donors (Lipinski definition) is 2. The number of anilines is 2. The predicted molar refractivity (Wildman–Crippen MR) is 100 cm³/mol. The minimum Gasteiger partial charge on any atom is -0.465 e. The second-order valence-electron chi connectivity index (χ2n) is 5.92. The van der Waals surface area contributed by atoms with E-state index in [1.54, 1.807) is 24.3 Å². The minimum atomic E-state index is -0.407. The largest absolute Gasteiger partial charge is 0.465 e. The van der Waals surface area contributed by atoms with Crippen LogP contribution in [0.3, 0.4) is 0 Å². The topological polar surface area (TPSA) is 105 Å². The minimum absolute atomic E-state index is 0.0163. The number of nitrogens with two attached hydrogens (primary N) is 2. The van der Waals surface area contributed by atoms with E-state index >= 15 is 0 Å². The van der Waals surface area contributed by atoms with Crippen molar-refractivity contribution in [3.05, 3.63) is 59.7 Å². The quantitative estimate of drug-likeness (QED) is 0.528. The Morgan fingerprint density at radius 2 is 1.00 bits per heavy atom. The van der Waals surface area contributed by atoms with Crippen LogP contribution in [0.5, 0.6) is 0 Å². The van der Waals surface area contributed by atoms with E-state index in [2.05, 4.69) is 0 Å². The van der Waals surface area contributed by atoms with Crippen LogP contribution in [-0.2, 0) is 31.9 Å². The van der Waals surface area contributed by atoms with E-state index in [-0.39, 0.29) is 26.1 Å². The highest BCUT2D eigenvalue weighted by atomic mass is 16.5. The van der Waals surface area contributed by atoms with Crippen LogP contribution in [0.1, 0.15) is 24.0 Å². The number of carbonyl (C=O) groups is 2. The second-order valence-corrected chi connectivity index (χ2v) is 5.92. The van der Waals surface area contributed by atoms with Gasteiger partial charge in [0.05, 0.1) is 26.1 Å². The molecule has 0 aromatic heterocycles. The Balaban J connectivity index is 1.55. The SMILES string of the molecule is Nc1ccc(CCOC(=O)CCC(=O)OCCc2ccc(N)cc2)cc1. The van der Waals surface area contributed by atoms with E-state index in [4.69, 9.17) is 20.9 Å². The lowest BCUT2D eigenvalue weighted by molar-refractivity contribution is -0.150. The lowest BCUT2D eigenvalue weighted by atomic mass is 10.1. The van der Waals surface area contributed by atoms with Crippen molar-refractivity contribution in [2.45, 2.75) is 25.7 Å². The molecule has 0 aliphatic carbocycles. The molecule has 0 bridgehead atoms. The van der Waals surface area contributed by atoms with Crippen LogP contribution in [0.4, 0.5) is 11.4 Å². The van der Waals surface area contributed by atoms with Crippen LogP contribution >= 0.6 is 0 Å². The molecule has 0 saturated carbocycles. The maximum atomic E-state index is 11.7. The van der Waals surface area contributed by atoms with Crippen molar-refractivity contribution in [2.24, 2.45) is 0 Å². The third-order valence-corrected chi connectivity index (χ3v) is 3.80. The van der Waals surface area contributed by atoms with Crippen LogP contribution in [0.15, 0.2) is 48.5 Å². The molecule has 6 heteroatoms. The van der Waals surface area contributed by atoms with E-state index in [0.29, 0.717) is 24.2 Å². The van der Waals surface area contributed by atoms with Crippen molar-refractivity contribution in [1.29, 1.82) is 0 Å². The molecule has 0 aliphatic rings. The summed E-state index contributed by atoms with van der Waals surface area (Å²) >= 11 is 0. The Kier molecular flexibility index (Phi) is 7.49. The highest BCUT2D eigenvalue weighted by Gasteiger charge is 2.09. The van der Waals surface area contributed by atoms with Crippen molar-refractivity contribution in [3.8, 4) is 0 Å². The van der Waals surface area contributed by atoms with Gasteiger partial charge < -0.3 is 20.9 Å². The summed E-state index contributed by atoms with van der Waals surface area (Å²) < 4.78 is 10.2. The van der Waals surface area contributed by atoms with Crippen molar-refractivity contribution < 1.29 is 19.1 Å². The molecular formula is C20H24N2O4. The lowest BCUT2D eigenvalue weighted by Crippen LogP contribution is -2.13. The highest BCUT2D eigenvalue weighted by molar-refractivity contribution is 5.77. The first-order valence-corrected chi connectivity index (χ1v) is 8.53. The Labute approximate surface area is 153 Å². The number of carbonyl (C=O) groups excluding carboxylic acids is 2. The van der Waals surface area contributed by atoms with Gasteiger partial charge in [-0.1, -0.05) is 24.3 Å². The number of nitrogen functional groups attached to an aromatic ring is 2. The molecular weight excluding hydrogens is 332 g/mol. The third-order valence-electron chi connectivity index (χ3n) is 3.80. The summed E-state index contributed by atoms with van der Waals surface area (Å²) in [6.45, 7) is 0.546. The van der Waals surface area contributed by atoms with Gasteiger partial charge in [0.1, 0.15) is 0 Å². The lowest BCUT2D eigenvalue weighted by Gasteiger charge is -2.07. The summed E-state index contributed by atoms with van der Waals surface area (Å²) in [5.41, 5.74) is 14.7. The van der Waals surface area contributed by atoms with Crippen molar-refractivity contribution in [2.75, 3.05) is 24.7 Å². The van der Waals surface area contributed by atoms with Crippen molar-refractivity contribution >= 4 is 23.3 Å². The van der Waals surface area contributed by atoms with E-state index < -0.39 is 11.9 Å². The Bertz CT molecular complexity index is 648. The maximum absolute atomic E-state index is 11.7. The molecule has 0 fully saturated rings. The summed E-state index contributed by atoms with van der Waals surface area (Å²) in [7, 11) is 0. The number of esters is 2. The van der Waals surface area contributed by atoms with Crippen LogP contribution in [0.2, 0.25) is 0 Å². The molecule has 26 heavy (non-hydrogen) atoms. The fourth-order valence-corrected chi connectivity index (χ4v) is 2.28.